The average molecular weight is 395 g/mol. The fourth-order valence-electron chi connectivity index (χ4n) is 3.08. The number of rotatable bonds is 7. The second-order valence-corrected chi connectivity index (χ2v) is 8.61. The molecule has 1 aromatic carbocycles. The molecular formula is C18H21NO7S. The van der Waals surface area contributed by atoms with Gasteiger partial charge in [-0.1, -0.05) is 0 Å². The first-order valence-electron chi connectivity index (χ1n) is 8.53. The number of carbonyl (C=O) groups excluding carboxylic acids is 1. The Morgan fingerprint density at radius 1 is 1.30 bits per heavy atom. The van der Waals surface area contributed by atoms with E-state index in [1.165, 1.54) is 18.1 Å². The molecule has 2 aromatic rings. The summed E-state index contributed by atoms with van der Waals surface area (Å²) in [6.45, 7) is 0.359. The summed E-state index contributed by atoms with van der Waals surface area (Å²) in [6, 6.07) is 7.55. The minimum atomic E-state index is -3.11. The maximum Gasteiger partial charge on any atom is 0.336 e. The standard InChI is InChI=1S/C18H21NO7S/c1-24-8-7-19(14-6-9-27(22,23)12-14)17(20)11-25-15-4-2-13-3-5-18(21)26-16(13)10-15/h2-5,10,14H,6-9,11-12H2,1H3/t14-/m1/s1. The first-order chi connectivity index (χ1) is 12.9. The molecule has 1 fully saturated rings. The van der Waals surface area contributed by atoms with Crippen LogP contribution in [-0.4, -0.2) is 63.6 Å². The van der Waals surface area contributed by atoms with Crippen molar-refractivity contribution < 1.29 is 27.1 Å². The SMILES string of the molecule is COCCN(C(=O)COc1ccc2ccc(=O)oc2c1)[C@@H]1CCS(=O)(=O)C1. The van der Waals surface area contributed by atoms with Crippen LogP contribution in [0.25, 0.3) is 11.0 Å². The molecule has 0 radical (unpaired) electrons. The zero-order valence-corrected chi connectivity index (χ0v) is 15.7. The molecule has 0 spiro atoms. The third-order valence-corrected chi connectivity index (χ3v) is 6.21. The molecule has 1 atom stereocenters. The van der Waals surface area contributed by atoms with Crippen molar-refractivity contribution in [2.45, 2.75) is 12.5 Å². The number of ether oxygens (including phenoxy) is 2. The number of methoxy groups -OCH3 is 1. The highest BCUT2D eigenvalue weighted by molar-refractivity contribution is 7.91. The van der Waals surface area contributed by atoms with Gasteiger partial charge in [0.25, 0.3) is 5.91 Å². The molecule has 0 unspecified atom stereocenters. The Morgan fingerprint density at radius 3 is 2.78 bits per heavy atom. The van der Waals surface area contributed by atoms with E-state index in [1.54, 1.807) is 24.3 Å². The van der Waals surface area contributed by atoms with E-state index in [4.69, 9.17) is 13.9 Å². The highest BCUT2D eigenvalue weighted by Crippen LogP contribution is 2.21. The van der Waals surface area contributed by atoms with Gasteiger partial charge in [-0.3, -0.25) is 4.79 Å². The summed E-state index contributed by atoms with van der Waals surface area (Å²) in [5, 5.41) is 0.742. The minimum absolute atomic E-state index is 0.0381. The normalized spacial score (nSPS) is 18.5. The molecule has 1 amide bonds. The fraction of sp³-hybridized carbons (Fsp3) is 0.444. The number of amides is 1. The van der Waals surface area contributed by atoms with Gasteiger partial charge in [-0.25, -0.2) is 13.2 Å². The summed E-state index contributed by atoms with van der Waals surface area (Å²) in [7, 11) is -1.59. The van der Waals surface area contributed by atoms with Crippen LogP contribution in [0.4, 0.5) is 0 Å². The van der Waals surface area contributed by atoms with E-state index in [9.17, 15) is 18.0 Å². The number of sulfone groups is 1. The lowest BCUT2D eigenvalue weighted by Gasteiger charge is -2.28. The van der Waals surface area contributed by atoms with E-state index < -0.39 is 15.5 Å². The van der Waals surface area contributed by atoms with E-state index in [-0.39, 0.29) is 30.1 Å². The van der Waals surface area contributed by atoms with Gasteiger partial charge in [-0.05, 0) is 24.6 Å². The number of nitrogens with zero attached hydrogens (tertiary/aromatic N) is 1. The quantitative estimate of drug-likeness (QED) is 0.640. The smallest absolute Gasteiger partial charge is 0.336 e. The molecule has 1 saturated heterocycles. The Morgan fingerprint density at radius 2 is 2.07 bits per heavy atom. The van der Waals surface area contributed by atoms with Crippen LogP contribution in [-0.2, 0) is 19.4 Å². The largest absolute Gasteiger partial charge is 0.484 e. The second kappa shape index (κ2) is 8.10. The minimum Gasteiger partial charge on any atom is -0.484 e. The summed E-state index contributed by atoms with van der Waals surface area (Å²) < 4.78 is 39.1. The monoisotopic (exact) mass is 395 g/mol. The predicted molar refractivity (Wildman–Crippen MR) is 98.6 cm³/mol. The number of fused-ring (bicyclic) bond motifs is 1. The van der Waals surface area contributed by atoms with Gasteiger partial charge in [0.2, 0.25) is 0 Å². The first-order valence-corrected chi connectivity index (χ1v) is 10.4. The van der Waals surface area contributed by atoms with E-state index in [1.807, 2.05) is 0 Å². The van der Waals surface area contributed by atoms with Gasteiger partial charge in [0.15, 0.2) is 16.4 Å². The Labute approximate surface area is 156 Å². The van der Waals surface area contributed by atoms with Crippen molar-refractivity contribution in [2.75, 3.05) is 38.4 Å². The lowest BCUT2D eigenvalue weighted by Crippen LogP contribution is -2.45. The number of hydrogen-bond acceptors (Lipinski definition) is 7. The van der Waals surface area contributed by atoms with E-state index in [2.05, 4.69) is 0 Å². The lowest BCUT2D eigenvalue weighted by atomic mass is 10.2. The molecule has 0 N–H and O–H groups in total. The Hall–Kier alpha value is -2.39. The lowest BCUT2D eigenvalue weighted by molar-refractivity contribution is -0.136. The maximum atomic E-state index is 12.6. The van der Waals surface area contributed by atoms with Crippen LogP contribution in [0.15, 0.2) is 39.5 Å². The molecule has 27 heavy (non-hydrogen) atoms. The molecular weight excluding hydrogens is 374 g/mol. The maximum absolute atomic E-state index is 12.6. The van der Waals surface area contributed by atoms with E-state index in [0.717, 1.165) is 5.39 Å². The Bertz CT molecular complexity index is 983. The second-order valence-electron chi connectivity index (χ2n) is 6.38. The summed E-state index contributed by atoms with van der Waals surface area (Å²) in [4.78, 5) is 25.4. The molecule has 1 aliphatic rings. The van der Waals surface area contributed by atoms with Gasteiger partial charge in [-0.15, -0.1) is 0 Å². The summed E-state index contributed by atoms with van der Waals surface area (Å²) in [6.07, 6.45) is 0.416. The van der Waals surface area contributed by atoms with Crippen LogP contribution in [0.2, 0.25) is 0 Å². The molecule has 146 valence electrons. The summed E-state index contributed by atoms with van der Waals surface area (Å²) in [5.74, 6) is 0.113. The Balaban J connectivity index is 1.69. The average Bonchev–Trinajstić information content (AvgIpc) is 2.99. The molecule has 0 aliphatic carbocycles. The molecule has 9 heteroatoms. The molecule has 1 aromatic heterocycles. The topological polar surface area (TPSA) is 103 Å². The first kappa shape index (κ1) is 19.4. The third kappa shape index (κ3) is 4.86. The van der Waals surface area contributed by atoms with Crippen LogP contribution in [0, 0.1) is 0 Å². The van der Waals surface area contributed by atoms with E-state index in [0.29, 0.717) is 30.9 Å². The third-order valence-electron chi connectivity index (χ3n) is 4.46. The molecule has 0 saturated carbocycles. The highest BCUT2D eigenvalue weighted by Gasteiger charge is 2.34. The van der Waals surface area contributed by atoms with Crippen LogP contribution in [0.1, 0.15) is 6.42 Å². The van der Waals surface area contributed by atoms with Gasteiger partial charge in [0.05, 0.1) is 18.1 Å². The van der Waals surface area contributed by atoms with Gasteiger partial charge in [-0.2, -0.15) is 0 Å². The summed E-state index contributed by atoms with van der Waals surface area (Å²) in [5.41, 5.74) is -0.102. The molecule has 2 heterocycles. The number of hydrogen-bond donors (Lipinski definition) is 0. The van der Waals surface area contributed by atoms with Crippen molar-refractivity contribution in [1.29, 1.82) is 0 Å². The molecule has 0 bridgehead atoms. The predicted octanol–water partition coefficient (Wildman–Crippen LogP) is 0.834. The molecule has 8 nitrogen and oxygen atoms in total. The number of carbonyl (C=O) groups is 1. The van der Waals surface area contributed by atoms with Gasteiger partial charge in [0, 0.05) is 37.2 Å². The Kier molecular flexibility index (Phi) is 5.81. The van der Waals surface area contributed by atoms with Gasteiger partial charge in [0.1, 0.15) is 11.3 Å². The fourth-order valence-corrected chi connectivity index (χ4v) is 4.81. The van der Waals surface area contributed by atoms with Crippen molar-refractivity contribution >= 4 is 26.7 Å². The van der Waals surface area contributed by atoms with Crippen LogP contribution >= 0.6 is 0 Å². The zero-order chi connectivity index (χ0) is 19.4. The van der Waals surface area contributed by atoms with Crippen molar-refractivity contribution in [3.63, 3.8) is 0 Å². The van der Waals surface area contributed by atoms with Crippen LogP contribution in [0.5, 0.6) is 5.75 Å². The van der Waals surface area contributed by atoms with Crippen molar-refractivity contribution in [1.82, 2.24) is 4.90 Å². The zero-order valence-electron chi connectivity index (χ0n) is 14.9. The summed E-state index contributed by atoms with van der Waals surface area (Å²) >= 11 is 0. The van der Waals surface area contributed by atoms with Crippen molar-refractivity contribution in [3.8, 4) is 5.75 Å². The van der Waals surface area contributed by atoms with E-state index >= 15 is 0 Å². The van der Waals surface area contributed by atoms with Gasteiger partial charge >= 0.3 is 5.63 Å². The van der Waals surface area contributed by atoms with Crippen molar-refractivity contribution in [3.05, 3.63) is 40.8 Å². The van der Waals surface area contributed by atoms with Gasteiger partial charge < -0.3 is 18.8 Å². The number of benzene rings is 1. The van der Waals surface area contributed by atoms with Crippen molar-refractivity contribution in [2.24, 2.45) is 0 Å². The van der Waals surface area contributed by atoms with Crippen LogP contribution < -0.4 is 10.4 Å². The van der Waals surface area contributed by atoms with Crippen LogP contribution in [0.3, 0.4) is 0 Å². The highest BCUT2D eigenvalue weighted by atomic mass is 32.2. The molecule has 1 aliphatic heterocycles. The molecule has 3 rings (SSSR count).